The van der Waals surface area contributed by atoms with Gasteiger partial charge < -0.3 is 0 Å². The summed E-state index contributed by atoms with van der Waals surface area (Å²) < 4.78 is 0. The van der Waals surface area contributed by atoms with Gasteiger partial charge >= 0.3 is 0 Å². The zero-order chi connectivity index (χ0) is 31.2. The fourth-order valence-corrected chi connectivity index (χ4v) is 8.27. The highest BCUT2D eigenvalue weighted by atomic mass is 14.3. The maximum absolute atomic E-state index is 2.39. The van der Waals surface area contributed by atoms with Crippen molar-refractivity contribution in [2.45, 2.75) is 61.3 Å². The fraction of sp³-hybridized carbons (Fsp3) is 0.244. The van der Waals surface area contributed by atoms with Crippen molar-refractivity contribution < 1.29 is 0 Å². The molecule has 9 rings (SSSR count). The molecule has 0 radical (unpaired) electrons. The third kappa shape index (κ3) is 4.04. The van der Waals surface area contributed by atoms with Crippen LogP contribution < -0.4 is 0 Å². The number of fused-ring (bicyclic) bond motifs is 6. The average Bonchev–Trinajstić information content (AvgIpc) is 3.20. The molecule has 0 saturated carbocycles. The van der Waals surface area contributed by atoms with Gasteiger partial charge in [0.25, 0.3) is 0 Å². The largest absolute Gasteiger partial charge is 0.0745 e. The van der Waals surface area contributed by atoms with Gasteiger partial charge in [-0.15, -0.1) is 0 Å². The van der Waals surface area contributed by atoms with E-state index >= 15 is 0 Å². The summed E-state index contributed by atoms with van der Waals surface area (Å²) in [7, 11) is 0. The lowest BCUT2D eigenvalue weighted by Gasteiger charge is -2.22. The Balaban J connectivity index is 0.000000460. The molecule has 0 nitrogen and oxygen atoms in total. The van der Waals surface area contributed by atoms with E-state index in [-0.39, 0.29) is 5.41 Å². The van der Waals surface area contributed by atoms with Crippen LogP contribution in [0.15, 0.2) is 84.9 Å². The molecule has 8 aromatic carbocycles. The number of hydrogen-bond acceptors (Lipinski definition) is 0. The number of rotatable bonds is 2. The highest BCUT2D eigenvalue weighted by Crippen LogP contribution is 2.49. The molecule has 1 aliphatic carbocycles. The van der Waals surface area contributed by atoms with Crippen LogP contribution in [0.3, 0.4) is 0 Å². The van der Waals surface area contributed by atoms with Crippen LogP contribution in [0.2, 0.25) is 0 Å². The Hall–Kier alpha value is -4.42. The summed E-state index contributed by atoms with van der Waals surface area (Å²) >= 11 is 0. The molecular weight excluding hydrogens is 540 g/mol. The van der Waals surface area contributed by atoms with Crippen LogP contribution >= 0.6 is 0 Å². The SMILES string of the molecule is CCCC(C)C.Cc1c2c(c3ccc4c5ccc6c(C)c7ccccc7c7ccc(c8ccc1c3c48)c5c67)C=CC(C)(C)C=C2. The topological polar surface area (TPSA) is 0 Å². The van der Waals surface area contributed by atoms with E-state index in [1.807, 2.05) is 0 Å². The predicted molar refractivity (Wildman–Crippen MR) is 202 cm³/mol. The summed E-state index contributed by atoms with van der Waals surface area (Å²) in [6.07, 6.45) is 12.1. The lowest BCUT2D eigenvalue weighted by molar-refractivity contribution is 0.576. The van der Waals surface area contributed by atoms with Gasteiger partial charge in [0.05, 0.1) is 0 Å². The summed E-state index contributed by atoms with van der Waals surface area (Å²) in [5, 5.41) is 19.3. The standard InChI is InChI=1S/C39H28.C6H14/c1-21-23-7-5-6-8-27(23)29-13-15-33-32-12-10-26-22(2)24-17-19-39(3,4)20-18-28(24)30-14-16-34(38(32)36(26)30)31-11-9-25(21)35(29)37(31)33;1-4-5-6(2)3/h5-20H,1-4H3;6H,4-5H2,1-3H3. The highest BCUT2D eigenvalue weighted by Gasteiger charge is 2.23. The van der Waals surface area contributed by atoms with Crippen molar-refractivity contribution in [3.05, 3.63) is 107 Å². The molecule has 0 unspecified atom stereocenters. The first kappa shape index (κ1) is 28.1. The van der Waals surface area contributed by atoms with Crippen LogP contribution in [0.5, 0.6) is 0 Å². The van der Waals surface area contributed by atoms with Crippen LogP contribution in [0.25, 0.3) is 87.6 Å². The van der Waals surface area contributed by atoms with Gasteiger partial charge in [-0.2, -0.15) is 0 Å². The van der Waals surface area contributed by atoms with E-state index in [1.165, 1.54) is 111 Å². The first-order valence-corrected chi connectivity index (χ1v) is 16.8. The van der Waals surface area contributed by atoms with E-state index in [0.29, 0.717) is 0 Å². The predicted octanol–water partition coefficient (Wildman–Crippen LogP) is 13.8. The Morgan fingerprint density at radius 1 is 0.489 bits per heavy atom. The molecule has 0 bridgehead atoms. The van der Waals surface area contributed by atoms with E-state index in [4.69, 9.17) is 0 Å². The lowest BCUT2D eigenvalue weighted by atomic mass is 9.81. The molecule has 0 N–H and O–H groups in total. The van der Waals surface area contributed by atoms with Gasteiger partial charge in [-0.25, -0.2) is 0 Å². The van der Waals surface area contributed by atoms with Crippen LogP contribution in [0.1, 0.15) is 69.7 Å². The monoisotopic (exact) mass is 582 g/mol. The number of benzene rings is 8. The highest BCUT2D eigenvalue weighted by molar-refractivity contribution is 6.41. The Labute approximate surface area is 266 Å². The summed E-state index contributed by atoms with van der Waals surface area (Å²) in [5.41, 5.74) is 5.49. The Morgan fingerprint density at radius 3 is 1.44 bits per heavy atom. The summed E-state index contributed by atoms with van der Waals surface area (Å²) in [6, 6.07) is 27.9. The van der Waals surface area contributed by atoms with Crippen molar-refractivity contribution in [2.75, 3.05) is 0 Å². The van der Waals surface area contributed by atoms with Gasteiger partial charge in [-0.05, 0) is 117 Å². The van der Waals surface area contributed by atoms with Crippen molar-refractivity contribution in [1.82, 2.24) is 0 Å². The van der Waals surface area contributed by atoms with Crippen LogP contribution in [0.4, 0.5) is 0 Å². The summed E-state index contributed by atoms with van der Waals surface area (Å²) in [6.45, 7) is 15.9. The molecule has 0 amide bonds. The van der Waals surface area contributed by atoms with Crippen molar-refractivity contribution >= 4 is 87.6 Å². The molecule has 222 valence electrons. The van der Waals surface area contributed by atoms with Crippen molar-refractivity contribution in [2.24, 2.45) is 11.3 Å². The number of hydrogen-bond donors (Lipinski definition) is 0. The van der Waals surface area contributed by atoms with Crippen molar-refractivity contribution in [3.8, 4) is 0 Å². The minimum atomic E-state index is 0.0439. The minimum absolute atomic E-state index is 0.0439. The normalized spacial score (nSPS) is 14.5. The van der Waals surface area contributed by atoms with Crippen LogP contribution in [-0.4, -0.2) is 0 Å². The minimum Gasteiger partial charge on any atom is -0.0745 e. The maximum Gasteiger partial charge on any atom is 0.00111 e. The van der Waals surface area contributed by atoms with E-state index in [1.54, 1.807) is 0 Å². The van der Waals surface area contributed by atoms with Gasteiger partial charge in [-0.3, -0.25) is 0 Å². The van der Waals surface area contributed by atoms with E-state index in [9.17, 15) is 0 Å². The Kier molecular flexibility index (Phi) is 6.27. The van der Waals surface area contributed by atoms with Gasteiger partial charge in [0.2, 0.25) is 0 Å². The number of aryl methyl sites for hydroxylation is 2. The molecule has 0 aliphatic heterocycles. The van der Waals surface area contributed by atoms with Crippen molar-refractivity contribution in [3.63, 3.8) is 0 Å². The van der Waals surface area contributed by atoms with Gasteiger partial charge in [-0.1, -0.05) is 145 Å². The zero-order valence-corrected chi connectivity index (χ0v) is 27.7. The number of allylic oxidation sites excluding steroid dienone is 2. The van der Waals surface area contributed by atoms with E-state index in [2.05, 4.69) is 146 Å². The van der Waals surface area contributed by atoms with Crippen LogP contribution in [-0.2, 0) is 0 Å². The average molecular weight is 583 g/mol. The Morgan fingerprint density at radius 2 is 0.911 bits per heavy atom. The molecule has 45 heavy (non-hydrogen) atoms. The maximum atomic E-state index is 2.39. The summed E-state index contributed by atoms with van der Waals surface area (Å²) in [4.78, 5) is 0. The quantitative estimate of drug-likeness (QED) is 0.140. The zero-order valence-electron chi connectivity index (χ0n) is 27.7. The van der Waals surface area contributed by atoms with Crippen LogP contribution in [0, 0.1) is 25.2 Å². The van der Waals surface area contributed by atoms with Crippen molar-refractivity contribution in [1.29, 1.82) is 0 Å². The van der Waals surface area contributed by atoms with Gasteiger partial charge in [0.15, 0.2) is 0 Å². The first-order chi connectivity index (χ1) is 21.7. The third-order valence-electron chi connectivity index (χ3n) is 10.5. The molecule has 0 heterocycles. The molecule has 0 spiro atoms. The van der Waals surface area contributed by atoms with E-state index in [0.717, 1.165) is 5.92 Å². The molecule has 1 aliphatic rings. The second kappa shape index (κ2) is 10.0. The first-order valence-electron chi connectivity index (χ1n) is 16.8. The van der Waals surface area contributed by atoms with Gasteiger partial charge in [0, 0.05) is 5.41 Å². The smallest absolute Gasteiger partial charge is 0.00111 e. The second-order valence-electron chi connectivity index (χ2n) is 14.4. The lowest BCUT2D eigenvalue weighted by Crippen LogP contribution is -2.00. The van der Waals surface area contributed by atoms with Gasteiger partial charge in [0.1, 0.15) is 0 Å². The Bertz CT molecular complexity index is 2480. The molecule has 0 heteroatoms. The second-order valence-corrected chi connectivity index (χ2v) is 14.4. The molecule has 0 fully saturated rings. The summed E-state index contributed by atoms with van der Waals surface area (Å²) in [5.74, 6) is 0.898. The van der Waals surface area contributed by atoms with E-state index < -0.39 is 0 Å². The molecule has 8 aromatic rings. The molecular formula is C45H42. The molecule has 0 aromatic heterocycles. The molecule has 0 saturated heterocycles. The molecule has 0 atom stereocenters. The third-order valence-corrected chi connectivity index (χ3v) is 10.5. The fourth-order valence-electron chi connectivity index (χ4n) is 8.27.